The van der Waals surface area contributed by atoms with Crippen LogP contribution in [-0.4, -0.2) is 26.8 Å². The van der Waals surface area contributed by atoms with Crippen LogP contribution >= 0.6 is 11.3 Å². The van der Waals surface area contributed by atoms with Crippen molar-refractivity contribution in [3.8, 4) is 5.75 Å². The first kappa shape index (κ1) is 17.7. The second-order valence-electron chi connectivity index (χ2n) is 6.45. The van der Waals surface area contributed by atoms with Gasteiger partial charge in [0.25, 0.3) is 0 Å². The number of nitrogens with zero attached hydrogens (tertiary/aromatic N) is 3. The predicted octanol–water partition coefficient (Wildman–Crippen LogP) is 2.93. The molecule has 0 saturated heterocycles. The fourth-order valence-electron chi connectivity index (χ4n) is 3.17. The average molecular weight is 383 g/mol. The van der Waals surface area contributed by atoms with Crippen molar-refractivity contribution in [2.75, 3.05) is 12.8 Å². The zero-order valence-electron chi connectivity index (χ0n) is 15.4. The van der Waals surface area contributed by atoms with E-state index < -0.39 is 6.23 Å². The molecule has 7 nitrogen and oxygen atoms in total. The van der Waals surface area contributed by atoms with E-state index in [1.54, 1.807) is 11.6 Å². The highest BCUT2D eigenvalue weighted by Gasteiger charge is 2.21. The number of anilines is 1. The maximum atomic E-state index is 10.7. The fourth-order valence-corrected chi connectivity index (χ4v) is 4.38. The molecule has 1 unspecified atom stereocenters. The molecule has 27 heavy (non-hydrogen) atoms. The number of nitrogen functional groups attached to an aromatic ring is 1. The van der Waals surface area contributed by atoms with Crippen LogP contribution in [0.3, 0.4) is 0 Å². The summed E-state index contributed by atoms with van der Waals surface area (Å²) in [5.41, 5.74) is 9.80. The Morgan fingerprint density at radius 1 is 1.30 bits per heavy atom. The normalized spacial score (nSPS) is 12.7. The molecule has 0 aliphatic carbocycles. The molecule has 1 aromatic carbocycles. The van der Waals surface area contributed by atoms with E-state index in [9.17, 15) is 5.11 Å². The Kier molecular flexibility index (Phi) is 4.47. The molecule has 0 aliphatic heterocycles. The highest BCUT2D eigenvalue weighted by atomic mass is 32.1. The lowest BCUT2D eigenvalue weighted by molar-refractivity contribution is 0.141. The van der Waals surface area contributed by atoms with Gasteiger partial charge >= 0.3 is 0 Å². The molecule has 4 rings (SSSR count). The van der Waals surface area contributed by atoms with Crippen LogP contribution in [0.5, 0.6) is 5.75 Å². The number of benzene rings is 1. The van der Waals surface area contributed by atoms with Crippen molar-refractivity contribution in [2.45, 2.75) is 26.6 Å². The van der Waals surface area contributed by atoms with Gasteiger partial charge in [-0.05, 0) is 43.2 Å². The maximum absolute atomic E-state index is 10.7. The van der Waals surface area contributed by atoms with Crippen molar-refractivity contribution in [1.82, 2.24) is 19.9 Å². The lowest BCUT2D eigenvalue weighted by atomic mass is 10.1. The Morgan fingerprint density at radius 3 is 2.74 bits per heavy atom. The summed E-state index contributed by atoms with van der Waals surface area (Å²) in [6.07, 6.45) is -0.872. The number of ether oxygens (including phenoxy) is 1. The van der Waals surface area contributed by atoms with Crippen LogP contribution in [0.4, 0.5) is 5.69 Å². The monoisotopic (exact) mass is 383 g/mol. The maximum Gasteiger partial charge on any atom is 0.157 e. The van der Waals surface area contributed by atoms with Gasteiger partial charge in [-0.1, -0.05) is 12.1 Å². The molecule has 0 aliphatic rings. The summed E-state index contributed by atoms with van der Waals surface area (Å²) in [5.74, 6) is 1.50. The summed E-state index contributed by atoms with van der Waals surface area (Å²) >= 11 is 1.43. The number of thiophene rings is 1. The number of fused-ring (bicyclic) bond motifs is 3. The highest BCUT2D eigenvalue weighted by molar-refractivity contribution is 7.19. The smallest absolute Gasteiger partial charge is 0.157 e. The number of aryl methyl sites for hydroxylation is 2. The lowest BCUT2D eigenvalue weighted by Crippen LogP contribution is -2.20. The molecule has 0 fully saturated rings. The highest BCUT2D eigenvalue weighted by Crippen LogP contribution is 2.39. The van der Waals surface area contributed by atoms with Crippen LogP contribution in [-0.2, 0) is 6.54 Å². The number of methoxy groups -OCH3 is 1. The van der Waals surface area contributed by atoms with Gasteiger partial charge in [0, 0.05) is 11.9 Å². The van der Waals surface area contributed by atoms with E-state index in [0.717, 1.165) is 32.7 Å². The summed E-state index contributed by atoms with van der Waals surface area (Å²) in [6, 6.07) is 9.67. The summed E-state index contributed by atoms with van der Waals surface area (Å²) in [5, 5.41) is 19.2. The number of hydrogen-bond acceptors (Lipinski definition) is 7. The van der Waals surface area contributed by atoms with Crippen LogP contribution in [0.1, 0.15) is 28.1 Å². The standard InChI is InChI=1S/C19H21N5O2S/c1-10-8-14-22-11(2)23-24(14)19-15(10)16(20)17(27-19)18(25)21-9-12-4-6-13(26-3)7-5-12/h4-8,18,21,25H,9,20H2,1-3H3. The van der Waals surface area contributed by atoms with E-state index in [1.165, 1.54) is 11.3 Å². The largest absolute Gasteiger partial charge is 0.497 e. The van der Waals surface area contributed by atoms with Crippen LogP contribution in [0, 0.1) is 13.8 Å². The summed E-state index contributed by atoms with van der Waals surface area (Å²) in [6.45, 7) is 4.36. The van der Waals surface area contributed by atoms with Gasteiger partial charge in [-0.15, -0.1) is 11.3 Å². The first-order chi connectivity index (χ1) is 13.0. The second kappa shape index (κ2) is 6.80. The third kappa shape index (κ3) is 3.12. The molecule has 0 radical (unpaired) electrons. The molecule has 1 atom stereocenters. The van der Waals surface area contributed by atoms with E-state index in [2.05, 4.69) is 15.4 Å². The third-order valence-electron chi connectivity index (χ3n) is 4.53. The van der Waals surface area contributed by atoms with Gasteiger partial charge in [-0.2, -0.15) is 5.10 Å². The third-order valence-corrected chi connectivity index (χ3v) is 5.77. The van der Waals surface area contributed by atoms with Crippen molar-refractivity contribution in [3.63, 3.8) is 0 Å². The van der Waals surface area contributed by atoms with Gasteiger partial charge in [0.2, 0.25) is 0 Å². The summed E-state index contributed by atoms with van der Waals surface area (Å²) < 4.78 is 6.95. The van der Waals surface area contributed by atoms with Gasteiger partial charge in [0.05, 0.1) is 17.7 Å². The first-order valence-electron chi connectivity index (χ1n) is 8.57. The molecule has 0 bridgehead atoms. The Labute approximate surface area is 160 Å². The van der Waals surface area contributed by atoms with Crippen LogP contribution < -0.4 is 15.8 Å². The summed E-state index contributed by atoms with van der Waals surface area (Å²) in [7, 11) is 1.64. The number of aromatic nitrogens is 3. The first-order valence-corrected chi connectivity index (χ1v) is 9.39. The molecule has 0 saturated carbocycles. The molecule has 0 spiro atoms. The van der Waals surface area contributed by atoms with Crippen molar-refractivity contribution < 1.29 is 9.84 Å². The molecule has 140 valence electrons. The van der Waals surface area contributed by atoms with Crippen molar-refractivity contribution >= 4 is 32.9 Å². The quantitative estimate of drug-likeness (QED) is 0.459. The minimum Gasteiger partial charge on any atom is -0.497 e. The summed E-state index contributed by atoms with van der Waals surface area (Å²) in [4.78, 5) is 6.00. The number of nitrogens with one attached hydrogen (secondary N) is 1. The van der Waals surface area contributed by atoms with Gasteiger partial charge in [-0.25, -0.2) is 9.50 Å². The number of pyridine rings is 1. The van der Waals surface area contributed by atoms with E-state index in [-0.39, 0.29) is 0 Å². The van der Waals surface area contributed by atoms with E-state index in [0.29, 0.717) is 22.9 Å². The van der Waals surface area contributed by atoms with Gasteiger partial charge in [0.1, 0.15) is 22.6 Å². The minimum atomic E-state index is -0.872. The van der Waals surface area contributed by atoms with Crippen LogP contribution in [0.15, 0.2) is 30.3 Å². The predicted molar refractivity (Wildman–Crippen MR) is 107 cm³/mol. The fraction of sp³-hybridized carbons (Fsp3) is 0.263. The lowest BCUT2D eigenvalue weighted by Gasteiger charge is -2.12. The van der Waals surface area contributed by atoms with Crippen molar-refractivity contribution in [2.24, 2.45) is 0 Å². The number of aliphatic hydroxyl groups excluding tert-OH is 1. The van der Waals surface area contributed by atoms with E-state index >= 15 is 0 Å². The number of rotatable bonds is 5. The van der Waals surface area contributed by atoms with Crippen molar-refractivity contribution in [3.05, 3.63) is 52.2 Å². The number of nitrogens with two attached hydrogens (primary N) is 1. The van der Waals surface area contributed by atoms with Gasteiger partial charge < -0.3 is 15.6 Å². The van der Waals surface area contributed by atoms with Crippen molar-refractivity contribution in [1.29, 1.82) is 0 Å². The molecule has 3 aromatic heterocycles. The van der Waals surface area contributed by atoms with Gasteiger partial charge in [-0.3, -0.25) is 5.32 Å². The van der Waals surface area contributed by atoms with Gasteiger partial charge in [0.15, 0.2) is 5.65 Å². The topological polar surface area (TPSA) is 97.7 Å². The molecule has 0 amide bonds. The number of hydrogen-bond donors (Lipinski definition) is 3. The van der Waals surface area contributed by atoms with E-state index in [1.807, 2.05) is 44.2 Å². The molecule has 4 aromatic rings. The zero-order valence-corrected chi connectivity index (χ0v) is 16.2. The average Bonchev–Trinajstić information content (AvgIpc) is 3.20. The Hall–Kier alpha value is -2.68. The second-order valence-corrected chi connectivity index (χ2v) is 7.48. The molecular weight excluding hydrogens is 362 g/mol. The number of aliphatic hydroxyl groups is 1. The molecule has 8 heteroatoms. The van der Waals surface area contributed by atoms with Crippen LogP contribution in [0.2, 0.25) is 0 Å². The Bertz CT molecular complexity index is 1120. The van der Waals surface area contributed by atoms with Crippen LogP contribution in [0.25, 0.3) is 15.9 Å². The molecule has 4 N–H and O–H groups in total. The molecular formula is C19H21N5O2S. The zero-order chi connectivity index (χ0) is 19.1. The van der Waals surface area contributed by atoms with E-state index in [4.69, 9.17) is 10.5 Å². The Balaban J connectivity index is 1.65. The molecule has 3 heterocycles. The minimum absolute atomic E-state index is 0.510. The Morgan fingerprint density at radius 2 is 2.04 bits per heavy atom. The SMILES string of the molecule is COc1ccc(CNC(O)c2sc3c(c(C)cc4nc(C)nn43)c2N)cc1.